The number of hydrogen-bond acceptors (Lipinski definition) is 4. The lowest BCUT2D eigenvalue weighted by Gasteiger charge is -2.15. The molecule has 0 amide bonds. The minimum Gasteiger partial charge on any atom is -0.454 e. The van der Waals surface area contributed by atoms with Crippen LogP contribution >= 0.6 is 0 Å². The van der Waals surface area contributed by atoms with E-state index in [9.17, 15) is 9.59 Å². The first-order valence-corrected chi connectivity index (χ1v) is 9.40. The number of fused-ring (bicyclic) bond motifs is 6. The molecule has 2 aliphatic rings. The first kappa shape index (κ1) is 16.1. The largest absolute Gasteiger partial charge is 0.454 e. The highest BCUT2D eigenvalue weighted by atomic mass is 16.7. The molecular weight excluding hydrogens is 366 g/mol. The molecule has 2 heterocycles. The zero-order chi connectivity index (χ0) is 19.5. The number of benzene rings is 3. The van der Waals surface area contributed by atoms with Crippen molar-refractivity contribution in [3.05, 3.63) is 93.8 Å². The monoisotopic (exact) mass is 381 g/mol. The number of ether oxygens (including phenoxy) is 2. The summed E-state index contributed by atoms with van der Waals surface area (Å²) in [6, 6.07) is 20.7. The summed E-state index contributed by atoms with van der Waals surface area (Å²) in [4.78, 5) is 26.9. The van der Waals surface area contributed by atoms with Gasteiger partial charge in [0.15, 0.2) is 17.3 Å². The molecule has 0 saturated heterocycles. The van der Waals surface area contributed by atoms with E-state index in [2.05, 4.69) is 0 Å². The van der Waals surface area contributed by atoms with Gasteiger partial charge in [-0.05, 0) is 17.7 Å². The Hall–Kier alpha value is -3.86. The second-order valence-electron chi connectivity index (χ2n) is 7.23. The average Bonchev–Trinajstić information content (AvgIpc) is 3.33. The van der Waals surface area contributed by atoms with Crippen molar-refractivity contribution in [2.24, 2.45) is 0 Å². The fourth-order valence-corrected chi connectivity index (χ4v) is 4.28. The smallest absolute Gasteiger partial charge is 0.259 e. The second kappa shape index (κ2) is 5.82. The fourth-order valence-electron chi connectivity index (χ4n) is 4.28. The van der Waals surface area contributed by atoms with Gasteiger partial charge < -0.3 is 14.0 Å². The Balaban J connectivity index is 1.74. The highest BCUT2D eigenvalue weighted by Crippen LogP contribution is 2.43. The van der Waals surface area contributed by atoms with E-state index in [0.717, 1.165) is 11.1 Å². The molecule has 5 nitrogen and oxygen atoms in total. The van der Waals surface area contributed by atoms with Crippen LogP contribution in [0, 0.1) is 0 Å². The molecule has 1 aromatic heterocycles. The van der Waals surface area contributed by atoms with E-state index >= 15 is 0 Å². The zero-order valence-electron chi connectivity index (χ0n) is 15.3. The third-order valence-corrected chi connectivity index (χ3v) is 5.60. The molecule has 5 heteroatoms. The lowest BCUT2D eigenvalue weighted by Crippen LogP contribution is -2.24. The average molecular weight is 381 g/mol. The minimum atomic E-state index is -0.148. The second-order valence-corrected chi connectivity index (χ2v) is 7.23. The van der Waals surface area contributed by atoms with Crippen LogP contribution in [0.5, 0.6) is 11.5 Å². The number of rotatable bonds is 2. The molecule has 0 bridgehead atoms. The van der Waals surface area contributed by atoms with Crippen molar-refractivity contribution in [3.8, 4) is 22.8 Å². The maximum atomic E-state index is 13.6. The first-order chi connectivity index (χ1) is 14.2. The summed E-state index contributed by atoms with van der Waals surface area (Å²) in [6.07, 6.45) is 0. The van der Waals surface area contributed by atoms with Crippen molar-refractivity contribution < 1.29 is 14.3 Å². The standard InChI is InChI=1S/C24H15NO4/c26-23-16-9-5-4-8-15(16)22-21(23)17-10-19-20(29-13-28-19)11-18(17)24(27)25(22)12-14-6-2-1-3-7-14/h1-11H,12-13H2. The number of nitrogens with zero attached hydrogens (tertiary/aromatic N) is 1. The third kappa shape index (κ3) is 2.21. The van der Waals surface area contributed by atoms with Crippen molar-refractivity contribution in [2.45, 2.75) is 6.54 Å². The normalized spacial score (nSPS) is 13.6. The van der Waals surface area contributed by atoms with E-state index < -0.39 is 0 Å². The number of ketones is 1. The molecule has 1 aliphatic heterocycles. The third-order valence-electron chi connectivity index (χ3n) is 5.60. The Kier molecular flexibility index (Phi) is 3.23. The molecule has 0 fully saturated rings. The number of aromatic nitrogens is 1. The Bertz CT molecular complexity index is 1390. The minimum absolute atomic E-state index is 0.0683. The maximum Gasteiger partial charge on any atom is 0.259 e. The number of pyridine rings is 1. The van der Waals surface area contributed by atoms with E-state index in [0.29, 0.717) is 45.6 Å². The predicted molar refractivity (Wildman–Crippen MR) is 109 cm³/mol. The zero-order valence-corrected chi connectivity index (χ0v) is 15.3. The van der Waals surface area contributed by atoms with E-state index in [-0.39, 0.29) is 18.1 Å². The number of carbonyl (C=O) groups is 1. The molecule has 0 N–H and O–H groups in total. The Morgan fingerprint density at radius 1 is 0.793 bits per heavy atom. The van der Waals surface area contributed by atoms with Gasteiger partial charge in [0.2, 0.25) is 6.79 Å². The van der Waals surface area contributed by atoms with Gasteiger partial charge in [-0.2, -0.15) is 0 Å². The topological polar surface area (TPSA) is 57.5 Å². The molecule has 1 aliphatic carbocycles. The van der Waals surface area contributed by atoms with Gasteiger partial charge in [0.1, 0.15) is 0 Å². The van der Waals surface area contributed by atoms with Gasteiger partial charge in [0.05, 0.1) is 23.2 Å². The van der Waals surface area contributed by atoms with Crippen LogP contribution in [0.2, 0.25) is 0 Å². The SMILES string of the molecule is O=C1c2ccccc2-c2c1c1cc3c(cc1c(=O)n2Cc1ccccc1)OCO3. The Morgan fingerprint density at radius 3 is 2.21 bits per heavy atom. The van der Waals surface area contributed by atoms with Crippen LogP contribution in [-0.4, -0.2) is 17.1 Å². The van der Waals surface area contributed by atoms with Crippen LogP contribution in [0.3, 0.4) is 0 Å². The van der Waals surface area contributed by atoms with Gasteiger partial charge in [0.25, 0.3) is 5.56 Å². The van der Waals surface area contributed by atoms with Crippen molar-refractivity contribution in [1.29, 1.82) is 0 Å². The summed E-state index contributed by atoms with van der Waals surface area (Å²) in [6.45, 7) is 0.494. The Labute approximate surface area is 165 Å². The molecule has 140 valence electrons. The molecule has 0 atom stereocenters. The van der Waals surface area contributed by atoms with E-state index in [1.807, 2.05) is 54.6 Å². The molecule has 3 aromatic carbocycles. The Morgan fingerprint density at radius 2 is 1.45 bits per heavy atom. The summed E-state index contributed by atoms with van der Waals surface area (Å²) >= 11 is 0. The van der Waals surface area contributed by atoms with Crippen LogP contribution in [0.1, 0.15) is 21.5 Å². The number of carbonyl (C=O) groups excluding carboxylic acids is 1. The molecule has 29 heavy (non-hydrogen) atoms. The quantitative estimate of drug-likeness (QED) is 0.464. The van der Waals surface area contributed by atoms with E-state index in [4.69, 9.17) is 9.47 Å². The van der Waals surface area contributed by atoms with Gasteiger partial charge in [-0.15, -0.1) is 0 Å². The molecule has 0 spiro atoms. The molecule has 0 radical (unpaired) electrons. The molecule has 0 saturated carbocycles. The summed E-state index contributed by atoms with van der Waals surface area (Å²) in [5.74, 6) is 1.02. The lowest BCUT2D eigenvalue weighted by atomic mass is 10.0. The molecule has 6 rings (SSSR count). The highest BCUT2D eigenvalue weighted by molar-refractivity contribution is 6.26. The van der Waals surface area contributed by atoms with Crippen LogP contribution in [-0.2, 0) is 6.54 Å². The lowest BCUT2D eigenvalue weighted by molar-refractivity contribution is 0.104. The van der Waals surface area contributed by atoms with Gasteiger partial charge in [-0.1, -0.05) is 54.6 Å². The van der Waals surface area contributed by atoms with Crippen LogP contribution in [0.25, 0.3) is 22.0 Å². The summed E-state index contributed by atoms with van der Waals surface area (Å²) in [7, 11) is 0. The van der Waals surface area contributed by atoms with E-state index in [1.54, 1.807) is 16.7 Å². The first-order valence-electron chi connectivity index (χ1n) is 9.40. The van der Waals surface area contributed by atoms with Gasteiger partial charge >= 0.3 is 0 Å². The fraction of sp³-hybridized carbons (Fsp3) is 0.0833. The van der Waals surface area contributed by atoms with Gasteiger partial charge in [-0.25, -0.2) is 0 Å². The van der Waals surface area contributed by atoms with Crippen molar-refractivity contribution >= 4 is 16.6 Å². The van der Waals surface area contributed by atoms with Crippen LogP contribution < -0.4 is 15.0 Å². The molecule has 4 aromatic rings. The summed E-state index contributed by atoms with van der Waals surface area (Å²) < 4.78 is 12.7. The van der Waals surface area contributed by atoms with Crippen molar-refractivity contribution in [3.63, 3.8) is 0 Å². The van der Waals surface area contributed by atoms with Crippen LogP contribution in [0.15, 0.2) is 71.5 Å². The number of hydrogen-bond donors (Lipinski definition) is 0. The van der Waals surface area contributed by atoms with Gasteiger partial charge in [0, 0.05) is 16.5 Å². The van der Waals surface area contributed by atoms with Crippen molar-refractivity contribution in [1.82, 2.24) is 4.57 Å². The summed E-state index contributed by atoms with van der Waals surface area (Å²) in [5.41, 5.74) is 3.48. The van der Waals surface area contributed by atoms with Crippen molar-refractivity contribution in [2.75, 3.05) is 6.79 Å². The van der Waals surface area contributed by atoms with Gasteiger partial charge in [-0.3, -0.25) is 9.59 Å². The molecule has 0 unspecified atom stereocenters. The predicted octanol–water partition coefficient (Wildman–Crippen LogP) is 3.99. The van der Waals surface area contributed by atoms with Crippen LogP contribution in [0.4, 0.5) is 0 Å². The molecular formula is C24H15NO4. The maximum absolute atomic E-state index is 13.6. The summed E-state index contributed by atoms with van der Waals surface area (Å²) in [5, 5.41) is 1.07. The van der Waals surface area contributed by atoms with E-state index in [1.165, 1.54) is 0 Å². The highest BCUT2D eigenvalue weighted by Gasteiger charge is 2.33.